The van der Waals surface area contributed by atoms with Gasteiger partial charge in [-0.3, -0.25) is 9.59 Å². The molecule has 1 aliphatic heterocycles. The van der Waals surface area contributed by atoms with Crippen LogP contribution in [0.3, 0.4) is 0 Å². The fourth-order valence-corrected chi connectivity index (χ4v) is 3.69. The molecule has 1 amide bonds. The van der Waals surface area contributed by atoms with Crippen LogP contribution in [-0.4, -0.2) is 39.2 Å². The fraction of sp³-hybridized carbons (Fsp3) is 0.0952. The molecule has 0 radical (unpaired) electrons. The average molecular weight is 434 g/mol. The van der Waals surface area contributed by atoms with E-state index in [4.69, 9.17) is 13.6 Å². The molecule has 0 atom stereocenters. The molecule has 0 fully saturated rings. The molecular formula is C21H14N4O5S. The first kappa shape index (κ1) is 19.1. The fourth-order valence-electron chi connectivity index (χ4n) is 3.01. The lowest BCUT2D eigenvalue weighted by atomic mass is 10.1. The smallest absolute Gasteiger partial charge is 0.262 e. The Bertz CT molecular complexity index is 1260. The predicted octanol–water partition coefficient (Wildman–Crippen LogP) is 3.70. The zero-order chi connectivity index (χ0) is 21.2. The molecule has 1 aliphatic rings. The number of benzene rings is 1. The monoisotopic (exact) mass is 434 g/mol. The van der Waals surface area contributed by atoms with Crippen LogP contribution in [0.25, 0.3) is 22.9 Å². The Labute approximate surface area is 179 Å². The van der Waals surface area contributed by atoms with Gasteiger partial charge in [0.15, 0.2) is 29.6 Å². The van der Waals surface area contributed by atoms with E-state index < -0.39 is 0 Å². The lowest BCUT2D eigenvalue weighted by Gasteiger charge is -2.18. The standard InChI is InChI=1S/C21H14N4O5S/c26-14(12-5-6-15-13(9-12)22-18(27)10-30-15)11-31-21-23-19(16-3-1-7-28-16)20(24-25-21)17-4-2-8-29-17/h1-9H,10-11H2,(H,22,27). The van der Waals surface area contributed by atoms with E-state index in [9.17, 15) is 9.59 Å². The van der Waals surface area contributed by atoms with E-state index in [1.54, 1.807) is 42.5 Å². The quantitative estimate of drug-likeness (QED) is 0.358. The van der Waals surface area contributed by atoms with Gasteiger partial charge in [0, 0.05) is 5.56 Å². The van der Waals surface area contributed by atoms with E-state index in [1.807, 2.05) is 0 Å². The minimum absolute atomic E-state index is 0.0352. The average Bonchev–Trinajstić information content (AvgIpc) is 3.51. The Morgan fingerprint density at radius 2 is 1.81 bits per heavy atom. The van der Waals surface area contributed by atoms with Crippen LogP contribution in [0.2, 0.25) is 0 Å². The van der Waals surface area contributed by atoms with E-state index in [-0.39, 0.29) is 24.1 Å². The van der Waals surface area contributed by atoms with Crippen molar-refractivity contribution in [3.05, 3.63) is 60.6 Å². The normalized spacial score (nSPS) is 12.7. The minimum Gasteiger partial charge on any atom is -0.482 e. The SMILES string of the molecule is O=C1COc2ccc(C(=O)CSc3nnc(-c4ccco4)c(-c4ccco4)n3)cc2N1. The molecule has 0 unspecified atom stereocenters. The molecule has 10 heteroatoms. The van der Waals surface area contributed by atoms with Gasteiger partial charge < -0.3 is 18.9 Å². The second-order valence-electron chi connectivity index (χ2n) is 6.51. The zero-order valence-electron chi connectivity index (χ0n) is 15.9. The summed E-state index contributed by atoms with van der Waals surface area (Å²) in [5, 5.41) is 11.4. The maximum Gasteiger partial charge on any atom is 0.262 e. The van der Waals surface area contributed by atoms with Crippen LogP contribution in [0.1, 0.15) is 10.4 Å². The van der Waals surface area contributed by atoms with Crippen LogP contribution in [-0.2, 0) is 4.79 Å². The number of ether oxygens (including phenoxy) is 1. The van der Waals surface area contributed by atoms with Crippen molar-refractivity contribution in [2.75, 3.05) is 17.7 Å². The highest BCUT2D eigenvalue weighted by Gasteiger charge is 2.20. The van der Waals surface area contributed by atoms with Crippen molar-refractivity contribution in [2.24, 2.45) is 0 Å². The first-order valence-electron chi connectivity index (χ1n) is 9.22. The molecule has 4 heterocycles. The van der Waals surface area contributed by atoms with Crippen molar-refractivity contribution in [3.8, 4) is 28.7 Å². The van der Waals surface area contributed by atoms with Gasteiger partial charge in [0.1, 0.15) is 11.4 Å². The number of carbonyl (C=O) groups is 2. The molecule has 1 aromatic carbocycles. The van der Waals surface area contributed by atoms with Crippen LogP contribution in [0, 0.1) is 0 Å². The molecule has 0 aliphatic carbocycles. The van der Waals surface area contributed by atoms with E-state index >= 15 is 0 Å². The van der Waals surface area contributed by atoms with Gasteiger partial charge in [-0.05, 0) is 42.5 Å². The Balaban J connectivity index is 1.36. The molecule has 0 spiro atoms. The van der Waals surface area contributed by atoms with E-state index in [1.165, 1.54) is 12.5 Å². The van der Waals surface area contributed by atoms with Crippen LogP contribution in [0.5, 0.6) is 5.75 Å². The molecule has 5 rings (SSSR count). The number of anilines is 1. The second kappa shape index (κ2) is 8.07. The Morgan fingerprint density at radius 1 is 1.03 bits per heavy atom. The predicted molar refractivity (Wildman–Crippen MR) is 111 cm³/mol. The lowest BCUT2D eigenvalue weighted by Crippen LogP contribution is -2.25. The van der Waals surface area contributed by atoms with Crippen molar-refractivity contribution in [1.82, 2.24) is 15.2 Å². The molecule has 1 N–H and O–H groups in total. The highest BCUT2D eigenvalue weighted by molar-refractivity contribution is 7.99. The van der Waals surface area contributed by atoms with Gasteiger partial charge >= 0.3 is 0 Å². The van der Waals surface area contributed by atoms with E-state index in [2.05, 4.69) is 20.5 Å². The van der Waals surface area contributed by atoms with Gasteiger partial charge in [0.05, 0.1) is 24.0 Å². The van der Waals surface area contributed by atoms with Crippen LogP contribution >= 0.6 is 11.8 Å². The van der Waals surface area contributed by atoms with Crippen LogP contribution in [0.4, 0.5) is 5.69 Å². The third kappa shape index (κ3) is 3.92. The van der Waals surface area contributed by atoms with Gasteiger partial charge in [-0.1, -0.05) is 11.8 Å². The van der Waals surface area contributed by atoms with Crippen molar-refractivity contribution >= 4 is 29.1 Å². The summed E-state index contributed by atoms with van der Waals surface area (Å²) >= 11 is 1.15. The Kier molecular flexibility index (Phi) is 4.97. The first-order valence-corrected chi connectivity index (χ1v) is 10.2. The van der Waals surface area contributed by atoms with Gasteiger partial charge in [0.25, 0.3) is 5.91 Å². The second-order valence-corrected chi connectivity index (χ2v) is 7.45. The number of Topliss-reactive ketones (excluding diaryl/α,β-unsaturated/α-hetero) is 1. The van der Waals surface area contributed by atoms with Gasteiger partial charge in [-0.25, -0.2) is 4.98 Å². The van der Waals surface area contributed by atoms with Gasteiger partial charge in [-0.2, -0.15) is 0 Å². The number of fused-ring (bicyclic) bond motifs is 1. The van der Waals surface area contributed by atoms with Crippen molar-refractivity contribution in [1.29, 1.82) is 0 Å². The summed E-state index contributed by atoms with van der Waals surface area (Å²) in [5.41, 5.74) is 1.84. The first-order chi connectivity index (χ1) is 15.2. The Morgan fingerprint density at radius 3 is 2.55 bits per heavy atom. The van der Waals surface area contributed by atoms with E-state index in [0.29, 0.717) is 45.1 Å². The minimum atomic E-state index is -0.256. The molecular weight excluding hydrogens is 420 g/mol. The summed E-state index contributed by atoms with van der Waals surface area (Å²) in [4.78, 5) is 28.7. The molecule has 0 saturated carbocycles. The number of aromatic nitrogens is 3. The molecule has 154 valence electrons. The highest BCUT2D eigenvalue weighted by atomic mass is 32.2. The lowest BCUT2D eigenvalue weighted by molar-refractivity contribution is -0.118. The number of carbonyl (C=O) groups excluding carboxylic acids is 2. The van der Waals surface area contributed by atoms with Crippen molar-refractivity contribution in [2.45, 2.75) is 5.16 Å². The number of rotatable bonds is 6. The molecule has 3 aromatic heterocycles. The number of thioether (sulfide) groups is 1. The summed E-state index contributed by atoms with van der Waals surface area (Å²) in [6, 6.07) is 11.9. The summed E-state index contributed by atoms with van der Waals surface area (Å²) in [5.74, 6) is 1.25. The number of nitrogens with one attached hydrogen (secondary N) is 1. The van der Waals surface area contributed by atoms with E-state index in [0.717, 1.165) is 11.8 Å². The highest BCUT2D eigenvalue weighted by Crippen LogP contribution is 2.31. The maximum atomic E-state index is 12.7. The number of hydrogen-bond donors (Lipinski definition) is 1. The summed E-state index contributed by atoms with van der Waals surface area (Å²) in [6.45, 7) is -0.0352. The number of hydrogen-bond acceptors (Lipinski definition) is 9. The largest absolute Gasteiger partial charge is 0.482 e. The van der Waals surface area contributed by atoms with Crippen LogP contribution in [0.15, 0.2) is 69.0 Å². The summed E-state index contributed by atoms with van der Waals surface area (Å²) in [6.07, 6.45) is 3.08. The van der Waals surface area contributed by atoms with Gasteiger partial charge in [0.2, 0.25) is 5.16 Å². The molecule has 9 nitrogen and oxygen atoms in total. The molecule has 0 saturated heterocycles. The number of furan rings is 2. The summed E-state index contributed by atoms with van der Waals surface area (Å²) < 4.78 is 16.2. The Hall–Kier alpha value is -3.92. The van der Waals surface area contributed by atoms with Crippen molar-refractivity contribution < 1.29 is 23.2 Å². The number of nitrogens with zero attached hydrogens (tertiary/aromatic N) is 3. The van der Waals surface area contributed by atoms with Crippen LogP contribution < -0.4 is 10.1 Å². The molecule has 0 bridgehead atoms. The van der Waals surface area contributed by atoms with Crippen molar-refractivity contribution in [3.63, 3.8) is 0 Å². The zero-order valence-corrected chi connectivity index (χ0v) is 16.7. The summed E-state index contributed by atoms with van der Waals surface area (Å²) in [7, 11) is 0. The van der Waals surface area contributed by atoms with Gasteiger partial charge in [-0.15, -0.1) is 10.2 Å². The molecule has 4 aromatic rings. The number of amides is 1. The topological polar surface area (TPSA) is 120 Å². The maximum absolute atomic E-state index is 12.7. The third-order valence-electron chi connectivity index (χ3n) is 4.44. The molecule has 31 heavy (non-hydrogen) atoms. The third-order valence-corrected chi connectivity index (χ3v) is 5.28. The number of ketones is 1.